The van der Waals surface area contributed by atoms with Gasteiger partial charge in [0.2, 0.25) is 0 Å². The van der Waals surface area contributed by atoms with Crippen molar-refractivity contribution in [2.45, 2.75) is 38.3 Å². The molecule has 1 fully saturated rings. The van der Waals surface area contributed by atoms with Gasteiger partial charge in [-0.05, 0) is 49.9 Å². The average molecular weight is 313 g/mol. The normalized spacial score (nSPS) is 21.1. The lowest BCUT2D eigenvalue weighted by Gasteiger charge is -2.35. The van der Waals surface area contributed by atoms with Gasteiger partial charge < -0.3 is 9.64 Å². The van der Waals surface area contributed by atoms with Crippen molar-refractivity contribution in [3.8, 4) is 5.69 Å². The van der Waals surface area contributed by atoms with Gasteiger partial charge >= 0.3 is 0 Å². The highest BCUT2D eigenvalue weighted by molar-refractivity contribution is 5.84. The molecule has 1 aliphatic rings. The monoisotopic (exact) mass is 313 g/mol. The third kappa shape index (κ3) is 3.45. The van der Waals surface area contributed by atoms with Crippen LogP contribution in [0.3, 0.4) is 0 Å². The van der Waals surface area contributed by atoms with Crippen molar-refractivity contribution < 1.29 is 9.53 Å². The Bertz CT molecular complexity index is 643. The summed E-state index contributed by atoms with van der Waals surface area (Å²) in [6, 6.07) is 9.99. The van der Waals surface area contributed by atoms with E-state index in [1.54, 1.807) is 11.1 Å². The maximum Gasteiger partial charge on any atom is 0.254 e. The van der Waals surface area contributed by atoms with Gasteiger partial charge in [-0.25, -0.2) is 4.68 Å². The molecule has 0 unspecified atom stereocenters. The van der Waals surface area contributed by atoms with E-state index in [4.69, 9.17) is 4.74 Å². The molecule has 1 aromatic carbocycles. The van der Waals surface area contributed by atoms with Crippen molar-refractivity contribution in [1.29, 1.82) is 0 Å². The minimum Gasteiger partial charge on any atom is -0.365 e. The van der Waals surface area contributed by atoms with E-state index in [2.05, 4.69) is 5.10 Å². The van der Waals surface area contributed by atoms with Crippen molar-refractivity contribution in [2.75, 3.05) is 13.7 Å². The maximum atomic E-state index is 12.7. The molecule has 3 rings (SSSR count). The molecule has 0 saturated carbocycles. The number of hydrogen-bond donors (Lipinski definition) is 0. The van der Waals surface area contributed by atoms with Crippen LogP contribution in [-0.2, 0) is 16.1 Å². The lowest BCUT2D eigenvalue weighted by atomic mass is 9.94. The number of rotatable bonds is 4. The Kier molecular flexibility index (Phi) is 4.48. The molecule has 5 heteroatoms. The van der Waals surface area contributed by atoms with Crippen molar-refractivity contribution in [3.05, 3.63) is 48.3 Å². The van der Waals surface area contributed by atoms with Gasteiger partial charge in [-0.15, -0.1) is 0 Å². The van der Waals surface area contributed by atoms with Crippen molar-refractivity contribution in [2.24, 2.45) is 0 Å². The molecule has 1 aliphatic heterocycles. The topological polar surface area (TPSA) is 47.4 Å². The Hall–Kier alpha value is -2.14. The standard InChI is InChI=1S/C18H23N3O2/c1-18(10-3-4-13-23-18)17(22)20(2)14-15-6-8-16(9-7-15)21-12-5-11-19-21/h5-9,11-12H,3-4,10,13-14H2,1-2H3/t18-/m1/s1. The van der Waals surface area contributed by atoms with E-state index in [-0.39, 0.29) is 5.91 Å². The van der Waals surface area contributed by atoms with E-state index >= 15 is 0 Å². The SMILES string of the molecule is CN(Cc1ccc(-n2cccn2)cc1)C(=O)[C@@]1(C)CCCCO1. The van der Waals surface area contributed by atoms with Gasteiger partial charge in [0.15, 0.2) is 0 Å². The van der Waals surface area contributed by atoms with Gasteiger partial charge in [-0.1, -0.05) is 12.1 Å². The van der Waals surface area contributed by atoms with Crippen molar-refractivity contribution in [1.82, 2.24) is 14.7 Å². The Morgan fingerprint density at radius 2 is 2.13 bits per heavy atom. The summed E-state index contributed by atoms with van der Waals surface area (Å²) in [4.78, 5) is 14.4. The minimum absolute atomic E-state index is 0.0633. The molecule has 0 N–H and O–H groups in total. The maximum absolute atomic E-state index is 12.7. The molecule has 0 aliphatic carbocycles. The van der Waals surface area contributed by atoms with Crippen molar-refractivity contribution >= 4 is 5.91 Å². The highest BCUT2D eigenvalue weighted by Crippen LogP contribution is 2.26. The number of amides is 1. The largest absolute Gasteiger partial charge is 0.365 e. The second kappa shape index (κ2) is 6.54. The van der Waals surface area contributed by atoms with E-state index in [0.717, 1.165) is 30.5 Å². The van der Waals surface area contributed by atoms with E-state index in [1.807, 2.05) is 55.2 Å². The molecule has 2 heterocycles. The molecule has 0 radical (unpaired) electrons. The van der Waals surface area contributed by atoms with Crippen LogP contribution in [0, 0.1) is 0 Å². The molecule has 1 aromatic heterocycles. The van der Waals surface area contributed by atoms with Crippen molar-refractivity contribution in [3.63, 3.8) is 0 Å². The number of carbonyl (C=O) groups excluding carboxylic acids is 1. The van der Waals surface area contributed by atoms with Crippen LogP contribution in [-0.4, -0.2) is 39.8 Å². The molecule has 122 valence electrons. The summed E-state index contributed by atoms with van der Waals surface area (Å²) in [5.74, 6) is 0.0633. The van der Waals surface area contributed by atoms with Gasteiger partial charge in [-0.3, -0.25) is 4.79 Å². The molecular formula is C18H23N3O2. The predicted molar refractivity (Wildman–Crippen MR) is 88.2 cm³/mol. The third-order valence-electron chi connectivity index (χ3n) is 4.39. The molecule has 1 amide bonds. The van der Waals surface area contributed by atoms with E-state index < -0.39 is 5.60 Å². The molecule has 0 bridgehead atoms. The van der Waals surface area contributed by atoms with Crippen LogP contribution >= 0.6 is 0 Å². The molecular weight excluding hydrogens is 290 g/mol. The first-order valence-electron chi connectivity index (χ1n) is 8.07. The second-order valence-electron chi connectivity index (χ2n) is 6.31. The number of aromatic nitrogens is 2. The van der Waals surface area contributed by atoms with E-state index in [0.29, 0.717) is 13.2 Å². The second-order valence-corrected chi connectivity index (χ2v) is 6.31. The van der Waals surface area contributed by atoms with Crippen LogP contribution in [0.4, 0.5) is 0 Å². The Morgan fingerprint density at radius 1 is 1.35 bits per heavy atom. The summed E-state index contributed by atoms with van der Waals surface area (Å²) < 4.78 is 7.57. The first-order valence-corrected chi connectivity index (χ1v) is 8.07. The minimum atomic E-state index is -0.665. The summed E-state index contributed by atoms with van der Waals surface area (Å²) in [5.41, 5.74) is 1.44. The number of hydrogen-bond acceptors (Lipinski definition) is 3. The number of nitrogens with zero attached hydrogens (tertiary/aromatic N) is 3. The lowest BCUT2D eigenvalue weighted by Crippen LogP contribution is -2.48. The molecule has 2 aromatic rings. The summed E-state index contributed by atoms with van der Waals surface area (Å²) >= 11 is 0. The fourth-order valence-corrected chi connectivity index (χ4v) is 3.03. The predicted octanol–water partition coefficient (Wildman–Crippen LogP) is 2.79. The Balaban J connectivity index is 1.65. The van der Waals surface area contributed by atoms with E-state index in [1.165, 1.54) is 0 Å². The summed E-state index contributed by atoms with van der Waals surface area (Å²) in [6.45, 7) is 3.16. The molecule has 23 heavy (non-hydrogen) atoms. The summed E-state index contributed by atoms with van der Waals surface area (Å²) in [7, 11) is 1.84. The quantitative estimate of drug-likeness (QED) is 0.872. The number of benzene rings is 1. The van der Waals surface area contributed by atoms with Gasteiger partial charge in [0.05, 0.1) is 5.69 Å². The van der Waals surface area contributed by atoms with Crippen LogP contribution in [0.1, 0.15) is 31.7 Å². The highest BCUT2D eigenvalue weighted by atomic mass is 16.5. The summed E-state index contributed by atoms with van der Waals surface area (Å²) in [6.07, 6.45) is 6.56. The molecule has 1 saturated heterocycles. The Labute approximate surface area is 136 Å². The molecule has 0 spiro atoms. The van der Waals surface area contributed by atoms with Crippen LogP contribution < -0.4 is 0 Å². The summed E-state index contributed by atoms with van der Waals surface area (Å²) in [5, 5.41) is 4.21. The van der Waals surface area contributed by atoms with Gasteiger partial charge in [-0.2, -0.15) is 5.10 Å². The molecule has 1 atom stereocenters. The van der Waals surface area contributed by atoms with Gasteiger partial charge in [0.25, 0.3) is 5.91 Å². The first-order chi connectivity index (χ1) is 11.1. The zero-order valence-electron chi connectivity index (χ0n) is 13.7. The lowest BCUT2D eigenvalue weighted by molar-refractivity contribution is -0.161. The van der Waals surface area contributed by atoms with Gasteiger partial charge in [0.1, 0.15) is 5.60 Å². The van der Waals surface area contributed by atoms with E-state index in [9.17, 15) is 4.79 Å². The number of likely N-dealkylation sites (N-methyl/N-ethyl adjacent to an activating group) is 1. The molecule has 5 nitrogen and oxygen atoms in total. The van der Waals surface area contributed by atoms with Crippen LogP contribution in [0.15, 0.2) is 42.7 Å². The van der Waals surface area contributed by atoms with Crippen LogP contribution in [0.2, 0.25) is 0 Å². The zero-order chi connectivity index (χ0) is 16.3. The highest BCUT2D eigenvalue weighted by Gasteiger charge is 2.37. The Morgan fingerprint density at radius 3 is 2.74 bits per heavy atom. The van der Waals surface area contributed by atoms with Crippen LogP contribution in [0.25, 0.3) is 5.69 Å². The fourth-order valence-electron chi connectivity index (χ4n) is 3.03. The van der Waals surface area contributed by atoms with Gasteiger partial charge in [0, 0.05) is 32.6 Å². The smallest absolute Gasteiger partial charge is 0.254 e. The third-order valence-corrected chi connectivity index (χ3v) is 4.39. The number of carbonyl (C=O) groups is 1. The first kappa shape index (κ1) is 15.7. The number of ether oxygens (including phenoxy) is 1. The average Bonchev–Trinajstić information content (AvgIpc) is 3.10. The zero-order valence-corrected chi connectivity index (χ0v) is 13.7. The van der Waals surface area contributed by atoms with Crippen LogP contribution in [0.5, 0.6) is 0 Å². The fraction of sp³-hybridized carbons (Fsp3) is 0.444.